The van der Waals surface area contributed by atoms with Gasteiger partial charge in [-0.3, -0.25) is 0 Å². The highest BCUT2D eigenvalue weighted by Crippen LogP contribution is 2.39. The standard InChI is InChI=1S/C13H24O2/c1-15-13-9-5-3-7-11(13)10-6-2-4-8-12(10)14/h10-14H,2-9H2,1H3. The van der Waals surface area contributed by atoms with Gasteiger partial charge in [0.1, 0.15) is 0 Å². The Kier molecular flexibility index (Phi) is 4.04. The molecule has 4 unspecified atom stereocenters. The third-order valence-electron chi connectivity index (χ3n) is 4.39. The van der Waals surface area contributed by atoms with E-state index in [4.69, 9.17) is 4.74 Å². The quantitative estimate of drug-likeness (QED) is 0.762. The molecule has 0 radical (unpaired) electrons. The molecule has 2 rings (SSSR count). The summed E-state index contributed by atoms with van der Waals surface area (Å²) in [5.41, 5.74) is 0. The molecule has 2 aliphatic rings. The van der Waals surface area contributed by atoms with Crippen LogP contribution in [-0.4, -0.2) is 24.4 Å². The molecule has 0 heterocycles. The number of aliphatic hydroxyl groups is 1. The summed E-state index contributed by atoms with van der Waals surface area (Å²) in [4.78, 5) is 0. The minimum atomic E-state index is -0.0560. The van der Waals surface area contributed by atoms with Crippen LogP contribution in [0.2, 0.25) is 0 Å². The Morgan fingerprint density at radius 1 is 0.867 bits per heavy atom. The number of hydrogen-bond acceptors (Lipinski definition) is 2. The summed E-state index contributed by atoms with van der Waals surface area (Å²) in [6.07, 6.45) is 10.2. The lowest BCUT2D eigenvalue weighted by Crippen LogP contribution is -2.39. The molecule has 2 heteroatoms. The molecule has 2 fully saturated rings. The van der Waals surface area contributed by atoms with Gasteiger partial charge in [-0.1, -0.05) is 25.7 Å². The van der Waals surface area contributed by atoms with Crippen LogP contribution in [0.1, 0.15) is 51.4 Å². The normalized spacial score (nSPS) is 42.8. The van der Waals surface area contributed by atoms with E-state index in [0.717, 1.165) is 6.42 Å². The Morgan fingerprint density at radius 3 is 2.13 bits per heavy atom. The maximum atomic E-state index is 10.1. The molecule has 0 aromatic carbocycles. The van der Waals surface area contributed by atoms with Crippen molar-refractivity contribution >= 4 is 0 Å². The fourth-order valence-electron chi connectivity index (χ4n) is 3.55. The van der Waals surface area contributed by atoms with E-state index in [0.29, 0.717) is 17.9 Å². The van der Waals surface area contributed by atoms with E-state index in [9.17, 15) is 5.11 Å². The van der Waals surface area contributed by atoms with Gasteiger partial charge in [0, 0.05) is 7.11 Å². The first kappa shape index (κ1) is 11.4. The van der Waals surface area contributed by atoms with Gasteiger partial charge in [-0.2, -0.15) is 0 Å². The Bertz CT molecular complexity index is 193. The van der Waals surface area contributed by atoms with Crippen LogP contribution in [0.5, 0.6) is 0 Å². The zero-order valence-corrected chi connectivity index (χ0v) is 9.82. The first-order valence-electron chi connectivity index (χ1n) is 6.54. The highest BCUT2D eigenvalue weighted by Gasteiger charge is 2.36. The molecule has 0 aromatic heterocycles. The SMILES string of the molecule is COC1CCCCC1C1CCCCC1O. The van der Waals surface area contributed by atoms with E-state index < -0.39 is 0 Å². The average Bonchev–Trinajstić information content (AvgIpc) is 2.30. The minimum absolute atomic E-state index is 0.0560. The van der Waals surface area contributed by atoms with E-state index in [1.807, 2.05) is 7.11 Å². The Morgan fingerprint density at radius 2 is 1.47 bits per heavy atom. The third kappa shape index (κ3) is 2.54. The van der Waals surface area contributed by atoms with E-state index in [1.165, 1.54) is 44.9 Å². The van der Waals surface area contributed by atoms with Crippen LogP contribution in [0.3, 0.4) is 0 Å². The van der Waals surface area contributed by atoms with Gasteiger partial charge in [0.05, 0.1) is 12.2 Å². The topological polar surface area (TPSA) is 29.5 Å². The van der Waals surface area contributed by atoms with Crippen molar-refractivity contribution in [2.75, 3.05) is 7.11 Å². The first-order valence-corrected chi connectivity index (χ1v) is 6.54. The summed E-state index contributed by atoms with van der Waals surface area (Å²) in [7, 11) is 1.83. The summed E-state index contributed by atoms with van der Waals surface area (Å²) >= 11 is 0. The van der Waals surface area contributed by atoms with Crippen LogP contribution in [0.4, 0.5) is 0 Å². The predicted molar refractivity (Wildman–Crippen MR) is 60.7 cm³/mol. The highest BCUT2D eigenvalue weighted by atomic mass is 16.5. The maximum Gasteiger partial charge on any atom is 0.0603 e. The monoisotopic (exact) mass is 212 g/mol. The summed E-state index contributed by atoms with van der Waals surface area (Å²) in [6, 6.07) is 0. The Hall–Kier alpha value is -0.0800. The van der Waals surface area contributed by atoms with Crippen molar-refractivity contribution in [1.29, 1.82) is 0 Å². The first-order chi connectivity index (χ1) is 7.33. The zero-order chi connectivity index (χ0) is 10.7. The fourth-order valence-corrected chi connectivity index (χ4v) is 3.55. The molecule has 4 atom stereocenters. The summed E-state index contributed by atoms with van der Waals surface area (Å²) in [6.45, 7) is 0. The predicted octanol–water partition coefficient (Wildman–Crippen LogP) is 2.74. The summed E-state index contributed by atoms with van der Waals surface area (Å²) in [5.74, 6) is 1.14. The second kappa shape index (κ2) is 5.31. The molecule has 0 spiro atoms. The largest absolute Gasteiger partial charge is 0.393 e. The van der Waals surface area contributed by atoms with Gasteiger partial charge < -0.3 is 9.84 Å². The van der Waals surface area contributed by atoms with E-state index in [2.05, 4.69) is 0 Å². The number of rotatable bonds is 2. The Balaban J connectivity index is 1.99. The molecular formula is C13H24O2. The van der Waals surface area contributed by atoms with E-state index >= 15 is 0 Å². The van der Waals surface area contributed by atoms with Gasteiger partial charge in [0.2, 0.25) is 0 Å². The van der Waals surface area contributed by atoms with Crippen LogP contribution >= 0.6 is 0 Å². The van der Waals surface area contributed by atoms with Gasteiger partial charge in [-0.25, -0.2) is 0 Å². The smallest absolute Gasteiger partial charge is 0.0603 e. The lowest BCUT2D eigenvalue weighted by Gasteiger charge is -2.40. The number of hydrogen-bond donors (Lipinski definition) is 1. The average molecular weight is 212 g/mol. The van der Waals surface area contributed by atoms with Crippen molar-refractivity contribution in [1.82, 2.24) is 0 Å². The molecule has 0 amide bonds. The zero-order valence-electron chi connectivity index (χ0n) is 9.82. The van der Waals surface area contributed by atoms with E-state index in [-0.39, 0.29) is 6.10 Å². The van der Waals surface area contributed by atoms with Crippen LogP contribution < -0.4 is 0 Å². The number of methoxy groups -OCH3 is 1. The van der Waals surface area contributed by atoms with Gasteiger partial charge in [0.25, 0.3) is 0 Å². The molecule has 2 nitrogen and oxygen atoms in total. The molecule has 2 saturated carbocycles. The highest BCUT2D eigenvalue weighted by molar-refractivity contribution is 4.87. The van der Waals surface area contributed by atoms with Gasteiger partial charge in [0.15, 0.2) is 0 Å². The maximum absolute atomic E-state index is 10.1. The van der Waals surface area contributed by atoms with Gasteiger partial charge in [-0.05, 0) is 37.5 Å². The van der Waals surface area contributed by atoms with Crippen LogP contribution in [-0.2, 0) is 4.74 Å². The molecule has 2 aliphatic carbocycles. The fraction of sp³-hybridized carbons (Fsp3) is 1.00. The van der Waals surface area contributed by atoms with Crippen LogP contribution in [0.15, 0.2) is 0 Å². The van der Waals surface area contributed by atoms with Crippen molar-refractivity contribution in [3.8, 4) is 0 Å². The summed E-state index contributed by atoms with van der Waals surface area (Å²) < 4.78 is 5.59. The van der Waals surface area contributed by atoms with Gasteiger partial charge >= 0.3 is 0 Å². The molecule has 15 heavy (non-hydrogen) atoms. The minimum Gasteiger partial charge on any atom is -0.393 e. The van der Waals surface area contributed by atoms with Crippen molar-refractivity contribution in [2.24, 2.45) is 11.8 Å². The molecule has 0 aromatic rings. The molecular weight excluding hydrogens is 188 g/mol. The van der Waals surface area contributed by atoms with Crippen molar-refractivity contribution < 1.29 is 9.84 Å². The summed E-state index contributed by atoms with van der Waals surface area (Å²) in [5, 5.41) is 10.1. The molecule has 0 aliphatic heterocycles. The molecule has 0 bridgehead atoms. The lowest BCUT2D eigenvalue weighted by atomic mass is 9.70. The number of aliphatic hydroxyl groups excluding tert-OH is 1. The van der Waals surface area contributed by atoms with Crippen molar-refractivity contribution in [3.63, 3.8) is 0 Å². The van der Waals surface area contributed by atoms with Crippen LogP contribution in [0, 0.1) is 11.8 Å². The van der Waals surface area contributed by atoms with Crippen molar-refractivity contribution in [3.05, 3.63) is 0 Å². The lowest BCUT2D eigenvalue weighted by molar-refractivity contribution is -0.0504. The van der Waals surface area contributed by atoms with E-state index in [1.54, 1.807) is 0 Å². The van der Waals surface area contributed by atoms with Crippen molar-refractivity contribution in [2.45, 2.75) is 63.6 Å². The third-order valence-corrected chi connectivity index (χ3v) is 4.39. The van der Waals surface area contributed by atoms with Crippen LogP contribution in [0.25, 0.3) is 0 Å². The second-order valence-corrected chi connectivity index (χ2v) is 5.24. The Labute approximate surface area is 93.0 Å². The molecule has 1 N–H and O–H groups in total. The molecule has 88 valence electrons. The number of ether oxygens (including phenoxy) is 1. The van der Waals surface area contributed by atoms with Gasteiger partial charge in [-0.15, -0.1) is 0 Å². The molecule has 0 saturated heterocycles. The second-order valence-electron chi connectivity index (χ2n) is 5.24.